The first-order valence-corrected chi connectivity index (χ1v) is 5.26. The van der Waals surface area contributed by atoms with Gasteiger partial charge in [-0.15, -0.1) is 0 Å². The molecule has 0 aromatic heterocycles. The molecule has 0 atom stereocenters. The van der Waals surface area contributed by atoms with Crippen LogP contribution in [0.2, 0.25) is 0 Å². The molecule has 1 N–H and O–H groups in total. The van der Waals surface area contributed by atoms with Crippen LogP contribution >= 0.6 is 0 Å². The predicted molar refractivity (Wildman–Crippen MR) is 51.2 cm³/mol. The lowest BCUT2D eigenvalue weighted by atomic mass is 9.85. The average Bonchev–Trinajstić information content (AvgIpc) is 2.12. The molecule has 0 aromatic rings. The van der Waals surface area contributed by atoms with Crippen molar-refractivity contribution in [3.05, 3.63) is 0 Å². The Morgan fingerprint density at radius 2 is 1.93 bits per heavy atom. The Balaban J connectivity index is 1.90. The van der Waals surface area contributed by atoms with Gasteiger partial charge in [0.15, 0.2) is 0 Å². The molecule has 80 valence electrons. The van der Waals surface area contributed by atoms with Crippen LogP contribution < -0.4 is 0 Å². The minimum atomic E-state index is -0.700. The fraction of sp³-hybridized carbons (Fsp3) is 0.900. The van der Waals surface area contributed by atoms with Gasteiger partial charge in [0.05, 0.1) is 13.2 Å². The third kappa shape index (κ3) is 1.77. The van der Waals surface area contributed by atoms with E-state index in [-0.39, 0.29) is 0 Å². The zero-order valence-corrected chi connectivity index (χ0v) is 8.37. The lowest BCUT2D eigenvalue weighted by Crippen LogP contribution is -2.56. The van der Waals surface area contributed by atoms with Crippen molar-refractivity contribution in [1.82, 2.24) is 4.90 Å². The molecule has 0 bridgehead atoms. The van der Waals surface area contributed by atoms with Crippen molar-refractivity contribution in [2.75, 3.05) is 32.8 Å². The van der Waals surface area contributed by atoms with Crippen LogP contribution in [0.1, 0.15) is 19.3 Å². The maximum atomic E-state index is 11.1. The highest BCUT2D eigenvalue weighted by molar-refractivity contribution is 5.76. The summed E-state index contributed by atoms with van der Waals surface area (Å²) in [5, 5.41) is 9.11. The molecule has 0 aromatic carbocycles. The molecule has 0 spiro atoms. The molecule has 2 rings (SSSR count). The van der Waals surface area contributed by atoms with Gasteiger partial charge in [0.1, 0.15) is 5.41 Å². The first kappa shape index (κ1) is 9.93. The van der Waals surface area contributed by atoms with Crippen LogP contribution in [-0.4, -0.2) is 48.8 Å². The monoisotopic (exact) mass is 199 g/mol. The Kier molecular flexibility index (Phi) is 2.74. The molecule has 2 heterocycles. The molecule has 0 radical (unpaired) electrons. The van der Waals surface area contributed by atoms with Crippen LogP contribution in [0.15, 0.2) is 0 Å². The van der Waals surface area contributed by atoms with E-state index in [0.29, 0.717) is 19.8 Å². The smallest absolute Gasteiger partial charge is 0.315 e. The largest absolute Gasteiger partial charge is 0.481 e. The predicted octanol–water partition coefficient (Wildman–Crippen LogP) is 0.573. The van der Waals surface area contributed by atoms with E-state index in [9.17, 15) is 4.79 Å². The van der Waals surface area contributed by atoms with E-state index in [2.05, 4.69) is 4.90 Å². The number of nitrogens with zero attached hydrogens (tertiary/aromatic N) is 1. The lowest BCUT2D eigenvalue weighted by molar-refractivity contribution is -0.183. The fourth-order valence-corrected chi connectivity index (χ4v) is 2.18. The third-order valence-corrected chi connectivity index (χ3v) is 3.19. The topological polar surface area (TPSA) is 49.8 Å². The maximum absolute atomic E-state index is 11.1. The molecule has 2 aliphatic heterocycles. The quantitative estimate of drug-likeness (QED) is 0.722. The molecule has 2 fully saturated rings. The highest BCUT2D eigenvalue weighted by Crippen LogP contribution is 2.29. The molecular weight excluding hydrogens is 182 g/mol. The normalized spacial score (nSPS) is 26.9. The van der Waals surface area contributed by atoms with Gasteiger partial charge in [0.2, 0.25) is 0 Å². The number of piperidine rings is 1. The number of carboxylic acids is 1. The maximum Gasteiger partial charge on any atom is 0.315 e. The van der Waals surface area contributed by atoms with Crippen molar-refractivity contribution in [2.45, 2.75) is 19.3 Å². The first-order valence-electron chi connectivity index (χ1n) is 5.26. The highest BCUT2D eigenvalue weighted by atomic mass is 16.5. The number of ether oxygens (including phenoxy) is 1. The number of likely N-dealkylation sites (tertiary alicyclic amines) is 1. The Labute approximate surface area is 83.8 Å². The molecule has 0 saturated carbocycles. The second-order valence-electron chi connectivity index (χ2n) is 4.42. The van der Waals surface area contributed by atoms with Gasteiger partial charge in [0, 0.05) is 6.54 Å². The van der Waals surface area contributed by atoms with Crippen LogP contribution in [0.4, 0.5) is 0 Å². The summed E-state index contributed by atoms with van der Waals surface area (Å²) in [5.74, 6) is -0.700. The molecule has 2 saturated heterocycles. The van der Waals surface area contributed by atoms with E-state index in [4.69, 9.17) is 9.84 Å². The van der Waals surface area contributed by atoms with Gasteiger partial charge >= 0.3 is 5.97 Å². The molecule has 2 aliphatic rings. The molecule has 4 heteroatoms. The highest BCUT2D eigenvalue weighted by Gasteiger charge is 2.47. The minimum absolute atomic E-state index is 0.388. The van der Waals surface area contributed by atoms with Crippen molar-refractivity contribution in [3.63, 3.8) is 0 Å². The lowest BCUT2D eigenvalue weighted by Gasteiger charge is -2.42. The summed E-state index contributed by atoms with van der Waals surface area (Å²) in [4.78, 5) is 13.3. The van der Waals surface area contributed by atoms with Gasteiger partial charge in [0.25, 0.3) is 0 Å². The molecular formula is C10H17NO3. The Bertz CT molecular complexity index is 219. The van der Waals surface area contributed by atoms with Crippen molar-refractivity contribution >= 4 is 5.97 Å². The van der Waals surface area contributed by atoms with E-state index in [1.165, 1.54) is 19.3 Å². The zero-order valence-electron chi connectivity index (χ0n) is 8.37. The van der Waals surface area contributed by atoms with Crippen molar-refractivity contribution in [1.29, 1.82) is 0 Å². The molecule has 0 aliphatic carbocycles. The number of rotatable bonds is 3. The van der Waals surface area contributed by atoms with Gasteiger partial charge in [-0.2, -0.15) is 0 Å². The fourth-order valence-electron chi connectivity index (χ4n) is 2.18. The van der Waals surface area contributed by atoms with Crippen molar-refractivity contribution < 1.29 is 14.6 Å². The number of hydrogen-bond acceptors (Lipinski definition) is 3. The summed E-state index contributed by atoms with van der Waals surface area (Å²) in [7, 11) is 0. The van der Waals surface area contributed by atoms with E-state index >= 15 is 0 Å². The van der Waals surface area contributed by atoms with Crippen LogP contribution in [0, 0.1) is 5.41 Å². The number of aliphatic carboxylic acids is 1. The second-order valence-corrected chi connectivity index (χ2v) is 4.42. The standard InChI is InChI=1S/C10H17NO3/c12-9(13)10(7-14-8-10)6-11-4-2-1-3-5-11/h1-8H2,(H,12,13). The Hall–Kier alpha value is -0.610. The summed E-state index contributed by atoms with van der Waals surface area (Å²) >= 11 is 0. The van der Waals surface area contributed by atoms with Crippen LogP contribution in [0.25, 0.3) is 0 Å². The number of carbonyl (C=O) groups is 1. The van der Waals surface area contributed by atoms with Gasteiger partial charge < -0.3 is 14.7 Å². The molecule has 14 heavy (non-hydrogen) atoms. The Morgan fingerprint density at radius 1 is 1.29 bits per heavy atom. The van der Waals surface area contributed by atoms with Crippen molar-refractivity contribution in [3.8, 4) is 0 Å². The first-order chi connectivity index (χ1) is 6.73. The molecule has 0 amide bonds. The summed E-state index contributed by atoms with van der Waals surface area (Å²) in [6.07, 6.45) is 3.69. The number of hydrogen-bond donors (Lipinski definition) is 1. The van der Waals surface area contributed by atoms with Gasteiger partial charge in [-0.1, -0.05) is 6.42 Å². The van der Waals surface area contributed by atoms with Gasteiger partial charge in [-0.25, -0.2) is 0 Å². The molecule has 4 nitrogen and oxygen atoms in total. The third-order valence-electron chi connectivity index (χ3n) is 3.19. The van der Waals surface area contributed by atoms with Gasteiger partial charge in [-0.05, 0) is 25.9 Å². The number of carboxylic acid groups (broad SMARTS) is 1. The summed E-state index contributed by atoms with van der Waals surface area (Å²) in [5.41, 5.74) is -0.600. The summed E-state index contributed by atoms with van der Waals surface area (Å²) in [6.45, 7) is 3.55. The molecule has 0 unspecified atom stereocenters. The zero-order chi connectivity index (χ0) is 10.0. The average molecular weight is 199 g/mol. The summed E-state index contributed by atoms with van der Waals surface area (Å²) in [6, 6.07) is 0. The van der Waals surface area contributed by atoms with E-state index in [1.807, 2.05) is 0 Å². The van der Waals surface area contributed by atoms with Crippen LogP contribution in [-0.2, 0) is 9.53 Å². The van der Waals surface area contributed by atoms with E-state index < -0.39 is 11.4 Å². The van der Waals surface area contributed by atoms with Crippen LogP contribution in [0.3, 0.4) is 0 Å². The van der Waals surface area contributed by atoms with E-state index in [0.717, 1.165) is 13.1 Å². The Morgan fingerprint density at radius 3 is 2.36 bits per heavy atom. The summed E-state index contributed by atoms with van der Waals surface area (Å²) < 4.78 is 5.03. The second kappa shape index (κ2) is 3.87. The van der Waals surface area contributed by atoms with E-state index in [1.54, 1.807) is 0 Å². The van der Waals surface area contributed by atoms with Crippen LogP contribution in [0.5, 0.6) is 0 Å². The minimum Gasteiger partial charge on any atom is -0.481 e. The SMILES string of the molecule is O=C(O)C1(CN2CCCCC2)COC1. The van der Waals surface area contributed by atoms with Crippen molar-refractivity contribution in [2.24, 2.45) is 5.41 Å². The van der Waals surface area contributed by atoms with Gasteiger partial charge in [-0.3, -0.25) is 4.79 Å².